The van der Waals surface area contributed by atoms with Crippen molar-refractivity contribution in [3.05, 3.63) is 65.2 Å². The molecule has 0 aliphatic carbocycles. The fourth-order valence-electron chi connectivity index (χ4n) is 2.40. The molecule has 0 fully saturated rings. The summed E-state index contributed by atoms with van der Waals surface area (Å²) in [6.07, 6.45) is -0.571. The molecule has 0 aliphatic heterocycles. The Bertz CT molecular complexity index is 861. The Hall–Kier alpha value is -3.33. The van der Waals surface area contributed by atoms with Crippen LogP contribution >= 0.6 is 0 Å². The van der Waals surface area contributed by atoms with E-state index in [4.69, 9.17) is 10.00 Å². The highest BCUT2D eigenvalue weighted by Crippen LogP contribution is 2.16. The largest absolute Gasteiger partial charge is 0.444 e. The standard InChI is InChI=1S/C21H23N3O3/c1-21(2,3)27-20(26)23-18-7-5-6-17(12-18)19(25)24(4)14-16-10-8-15(13-22)9-11-16/h5-12H,14H2,1-4H3,(H,23,26). The van der Waals surface area contributed by atoms with E-state index in [0.29, 0.717) is 23.4 Å². The number of hydrogen-bond donors (Lipinski definition) is 1. The minimum atomic E-state index is -0.598. The lowest BCUT2D eigenvalue weighted by molar-refractivity contribution is 0.0635. The van der Waals surface area contributed by atoms with Crippen LogP contribution in [-0.2, 0) is 11.3 Å². The summed E-state index contributed by atoms with van der Waals surface area (Å²) in [6, 6.07) is 15.9. The summed E-state index contributed by atoms with van der Waals surface area (Å²) >= 11 is 0. The van der Waals surface area contributed by atoms with Crippen molar-refractivity contribution in [2.45, 2.75) is 32.9 Å². The van der Waals surface area contributed by atoms with Crippen molar-refractivity contribution in [3.63, 3.8) is 0 Å². The van der Waals surface area contributed by atoms with Gasteiger partial charge < -0.3 is 9.64 Å². The maximum Gasteiger partial charge on any atom is 0.412 e. The molecular formula is C21H23N3O3. The zero-order valence-electron chi connectivity index (χ0n) is 15.9. The molecule has 2 aromatic carbocycles. The molecule has 2 aromatic rings. The molecule has 0 heterocycles. The molecule has 0 spiro atoms. The molecule has 0 bridgehead atoms. The summed E-state index contributed by atoms with van der Waals surface area (Å²) in [7, 11) is 1.70. The van der Waals surface area contributed by atoms with Crippen molar-refractivity contribution in [1.82, 2.24) is 4.90 Å². The monoisotopic (exact) mass is 365 g/mol. The molecule has 0 aliphatic rings. The molecule has 0 unspecified atom stereocenters. The summed E-state index contributed by atoms with van der Waals surface area (Å²) in [4.78, 5) is 26.1. The van der Waals surface area contributed by atoms with Gasteiger partial charge in [-0.2, -0.15) is 5.26 Å². The third kappa shape index (κ3) is 6.15. The van der Waals surface area contributed by atoms with Crippen LogP contribution in [0.2, 0.25) is 0 Å². The Morgan fingerprint density at radius 3 is 2.41 bits per heavy atom. The van der Waals surface area contributed by atoms with Crippen LogP contribution in [0.4, 0.5) is 10.5 Å². The molecule has 2 rings (SSSR count). The molecule has 0 aromatic heterocycles. The second-order valence-electron chi connectivity index (χ2n) is 7.18. The van der Waals surface area contributed by atoms with E-state index in [9.17, 15) is 9.59 Å². The fraction of sp³-hybridized carbons (Fsp3) is 0.286. The molecular weight excluding hydrogens is 342 g/mol. The number of carbonyl (C=O) groups excluding carboxylic acids is 2. The van der Waals surface area contributed by atoms with Crippen molar-refractivity contribution >= 4 is 17.7 Å². The molecule has 140 valence electrons. The predicted molar refractivity (Wildman–Crippen MR) is 103 cm³/mol. The van der Waals surface area contributed by atoms with Crippen LogP contribution in [0.3, 0.4) is 0 Å². The summed E-state index contributed by atoms with van der Waals surface area (Å²) in [5.41, 5.74) is 1.85. The lowest BCUT2D eigenvalue weighted by Gasteiger charge is -2.20. The fourth-order valence-corrected chi connectivity index (χ4v) is 2.40. The van der Waals surface area contributed by atoms with Gasteiger partial charge in [0.15, 0.2) is 0 Å². The number of rotatable bonds is 4. The first-order valence-electron chi connectivity index (χ1n) is 8.52. The number of benzene rings is 2. The zero-order valence-corrected chi connectivity index (χ0v) is 15.9. The van der Waals surface area contributed by atoms with Gasteiger partial charge in [-0.15, -0.1) is 0 Å². The first-order chi connectivity index (χ1) is 12.7. The molecule has 0 saturated carbocycles. The van der Waals surface area contributed by atoms with Crippen molar-refractivity contribution in [3.8, 4) is 6.07 Å². The van der Waals surface area contributed by atoms with E-state index in [1.807, 2.05) is 12.1 Å². The van der Waals surface area contributed by atoms with Crippen LogP contribution in [-0.4, -0.2) is 29.5 Å². The van der Waals surface area contributed by atoms with E-state index < -0.39 is 11.7 Å². The van der Waals surface area contributed by atoms with Crippen LogP contribution in [0.1, 0.15) is 42.3 Å². The molecule has 0 saturated heterocycles. The van der Waals surface area contributed by atoms with Crippen LogP contribution < -0.4 is 5.32 Å². The quantitative estimate of drug-likeness (QED) is 0.881. The average Bonchev–Trinajstić information content (AvgIpc) is 2.60. The number of hydrogen-bond acceptors (Lipinski definition) is 4. The lowest BCUT2D eigenvalue weighted by atomic mass is 10.1. The van der Waals surface area contributed by atoms with Crippen LogP contribution in [0.25, 0.3) is 0 Å². The molecule has 27 heavy (non-hydrogen) atoms. The Labute approximate surface area is 159 Å². The van der Waals surface area contributed by atoms with Gasteiger partial charge in [0, 0.05) is 24.8 Å². The number of nitriles is 1. The van der Waals surface area contributed by atoms with Gasteiger partial charge in [-0.3, -0.25) is 10.1 Å². The van der Waals surface area contributed by atoms with E-state index in [1.165, 1.54) is 0 Å². The summed E-state index contributed by atoms with van der Waals surface area (Å²) in [6.45, 7) is 5.76. The highest BCUT2D eigenvalue weighted by molar-refractivity contribution is 5.96. The molecule has 1 N–H and O–H groups in total. The minimum Gasteiger partial charge on any atom is -0.444 e. The highest BCUT2D eigenvalue weighted by Gasteiger charge is 2.17. The van der Waals surface area contributed by atoms with Crippen LogP contribution in [0.5, 0.6) is 0 Å². The van der Waals surface area contributed by atoms with Crippen LogP contribution in [0, 0.1) is 11.3 Å². The smallest absolute Gasteiger partial charge is 0.412 e. The molecule has 0 radical (unpaired) electrons. The van der Waals surface area contributed by atoms with Gasteiger partial charge in [0.2, 0.25) is 0 Å². The maximum absolute atomic E-state index is 12.7. The number of anilines is 1. The van der Waals surface area contributed by atoms with E-state index >= 15 is 0 Å². The molecule has 6 heteroatoms. The Morgan fingerprint density at radius 2 is 1.81 bits per heavy atom. The molecule has 0 atom stereocenters. The van der Waals surface area contributed by atoms with Crippen molar-refractivity contribution in [2.24, 2.45) is 0 Å². The number of ether oxygens (including phenoxy) is 1. The third-order valence-electron chi connectivity index (χ3n) is 3.60. The first kappa shape index (κ1) is 20.0. The topological polar surface area (TPSA) is 82.4 Å². The number of amides is 2. The van der Waals surface area contributed by atoms with E-state index in [1.54, 1.807) is 69.1 Å². The second kappa shape index (κ2) is 8.37. The lowest BCUT2D eigenvalue weighted by Crippen LogP contribution is -2.28. The SMILES string of the molecule is CN(Cc1ccc(C#N)cc1)C(=O)c1cccc(NC(=O)OC(C)(C)C)c1. The Kier molecular flexibility index (Phi) is 6.19. The molecule has 6 nitrogen and oxygen atoms in total. The van der Waals surface area contributed by atoms with Crippen molar-refractivity contribution in [1.29, 1.82) is 5.26 Å². The van der Waals surface area contributed by atoms with Gasteiger partial charge in [-0.05, 0) is 56.7 Å². The summed E-state index contributed by atoms with van der Waals surface area (Å²) in [5, 5.41) is 11.5. The van der Waals surface area contributed by atoms with Crippen LogP contribution in [0.15, 0.2) is 48.5 Å². The van der Waals surface area contributed by atoms with Gasteiger partial charge >= 0.3 is 6.09 Å². The average molecular weight is 365 g/mol. The second-order valence-corrected chi connectivity index (χ2v) is 7.18. The van der Waals surface area contributed by atoms with E-state index in [2.05, 4.69) is 11.4 Å². The highest BCUT2D eigenvalue weighted by atomic mass is 16.6. The zero-order chi connectivity index (χ0) is 20.0. The van der Waals surface area contributed by atoms with Gasteiger partial charge in [0.1, 0.15) is 5.60 Å². The van der Waals surface area contributed by atoms with Crippen molar-refractivity contribution in [2.75, 3.05) is 12.4 Å². The van der Waals surface area contributed by atoms with Crippen molar-refractivity contribution < 1.29 is 14.3 Å². The Morgan fingerprint density at radius 1 is 1.15 bits per heavy atom. The molecule has 2 amide bonds. The van der Waals surface area contributed by atoms with Gasteiger partial charge in [0.05, 0.1) is 11.6 Å². The first-order valence-corrected chi connectivity index (χ1v) is 8.52. The number of nitrogens with zero attached hydrogens (tertiary/aromatic N) is 2. The predicted octanol–water partition coefficient (Wildman–Crippen LogP) is 4.18. The minimum absolute atomic E-state index is 0.174. The van der Waals surface area contributed by atoms with Gasteiger partial charge in [-0.25, -0.2) is 4.79 Å². The summed E-state index contributed by atoms with van der Waals surface area (Å²) < 4.78 is 5.22. The van der Waals surface area contributed by atoms with E-state index in [-0.39, 0.29) is 5.91 Å². The summed E-state index contributed by atoms with van der Waals surface area (Å²) in [5.74, 6) is -0.174. The van der Waals surface area contributed by atoms with Gasteiger partial charge in [-0.1, -0.05) is 18.2 Å². The maximum atomic E-state index is 12.7. The van der Waals surface area contributed by atoms with Gasteiger partial charge in [0.25, 0.3) is 5.91 Å². The third-order valence-corrected chi connectivity index (χ3v) is 3.60. The normalized spacial score (nSPS) is 10.6. The number of carbonyl (C=O) groups is 2. The van der Waals surface area contributed by atoms with E-state index in [0.717, 1.165) is 5.56 Å². The Balaban J connectivity index is 2.05. The number of nitrogens with one attached hydrogen (secondary N) is 1.